The number of hydrogen-bond donors (Lipinski definition) is 1. The summed E-state index contributed by atoms with van der Waals surface area (Å²) in [6.45, 7) is 6.06. The molecule has 23 heavy (non-hydrogen) atoms. The standard InChI is InChI=1S/C19H26ClN3/c1-13(2)19-22-17-5-3-4-15(10-11-21)18(17)23(19)12-14-6-8-16(20)9-7-14/h6-9,13,15H,3-5,10-12,21H2,1-2H3. The fraction of sp³-hybridized carbons (Fsp3) is 0.526. The van der Waals surface area contributed by atoms with Crippen LogP contribution in [0, 0.1) is 0 Å². The topological polar surface area (TPSA) is 43.8 Å². The van der Waals surface area contributed by atoms with Gasteiger partial charge in [-0.3, -0.25) is 0 Å². The number of halogens is 1. The van der Waals surface area contributed by atoms with Crippen molar-refractivity contribution in [3.8, 4) is 0 Å². The van der Waals surface area contributed by atoms with E-state index in [0.717, 1.165) is 31.0 Å². The molecule has 0 aliphatic heterocycles. The van der Waals surface area contributed by atoms with Crippen LogP contribution in [0.25, 0.3) is 0 Å². The highest BCUT2D eigenvalue weighted by Gasteiger charge is 2.28. The maximum Gasteiger partial charge on any atom is 0.112 e. The minimum Gasteiger partial charge on any atom is -0.330 e. The molecule has 0 radical (unpaired) electrons. The summed E-state index contributed by atoms with van der Waals surface area (Å²) in [4.78, 5) is 4.99. The third kappa shape index (κ3) is 3.46. The Labute approximate surface area is 143 Å². The molecule has 1 heterocycles. The van der Waals surface area contributed by atoms with Gasteiger partial charge in [-0.2, -0.15) is 0 Å². The van der Waals surface area contributed by atoms with Gasteiger partial charge in [0, 0.05) is 29.1 Å². The maximum absolute atomic E-state index is 6.02. The minimum atomic E-state index is 0.423. The summed E-state index contributed by atoms with van der Waals surface area (Å²) < 4.78 is 2.45. The summed E-state index contributed by atoms with van der Waals surface area (Å²) in [5.41, 5.74) is 9.86. The second-order valence-corrected chi connectivity index (χ2v) is 7.27. The fourth-order valence-corrected chi connectivity index (χ4v) is 3.82. The van der Waals surface area contributed by atoms with Gasteiger partial charge in [0.25, 0.3) is 0 Å². The zero-order valence-corrected chi connectivity index (χ0v) is 14.8. The molecule has 0 fully saturated rings. The number of hydrogen-bond acceptors (Lipinski definition) is 2. The zero-order valence-electron chi connectivity index (χ0n) is 14.1. The highest BCUT2D eigenvalue weighted by molar-refractivity contribution is 6.30. The number of imidazole rings is 1. The van der Waals surface area contributed by atoms with Crippen molar-refractivity contribution in [1.82, 2.24) is 9.55 Å². The number of nitrogens with two attached hydrogens (primary N) is 1. The third-order valence-electron chi connectivity index (χ3n) is 4.75. The van der Waals surface area contributed by atoms with E-state index in [1.54, 1.807) is 0 Å². The fourth-order valence-electron chi connectivity index (χ4n) is 3.69. The molecular weight excluding hydrogens is 306 g/mol. The molecule has 1 aliphatic rings. The van der Waals surface area contributed by atoms with E-state index in [9.17, 15) is 0 Å². The van der Waals surface area contributed by atoms with Crippen molar-refractivity contribution in [2.45, 2.75) is 57.9 Å². The first-order valence-electron chi connectivity index (χ1n) is 8.63. The van der Waals surface area contributed by atoms with E-state index in [1.165, 1.54) is 35.6 Å². The lowest BCUT2D eigenvalue weighted by Crippen LogP contribution is -2.18. The molecule has 0 saturated heterocycles. The van der Waals surface area contributed by atoms with Crippen molar-refractivity contribution in [2.24, 2.45) is 5.73 Å². The van der Waals surface area contributed by atoms with Gasteiger partial charge in [-0.25, -0.2) is 4.98 Å². The summed E-state index contributed by atoms with van der Waals surface area (Å²) in [6, 6.07) is 8.15. The number of benzene rings is 1. The van der Waals surface area contributed by atoms with E-state index >= 15 is 0 Å². The van der Waals surface area contributed by atoms with E-state index in [1.807, 2.05) is 12.1 Å². The van der Waals surface area contributed by atoms with Crippen molar-refractivity contribution in [2.75, 3.05) is 6.54 Å². The summed E-state index contributed by atoms with van der Waals surface area (Å²) in [5.74, 6) is 2.18. The summed E-state index contributed by atoms with van der Waals surface area (Å²) in [7, 11) is 0. The van der Waals surface area contributed by atoms with E-state index in [2.05, 4.69) is 30.5 Å². The number of nitrogens with zero attached hydrogens (tertiary/aromatic N) is 2. The number of aromatic nitrogens is 2. The first-order chi connectivity index (χ1) is 11.1. The molecule has 2 aromatic rings. The quantitative estimate of drug-likeness (QED) is 0.878. The van der Waals surface area contributed by atoms with E-state index in [0.29, 0.717) is 11.8 Å². The van der Waals surface area contributed by atoms with Crippen LogP contribution in [-0.4, -0.2) is 16.1 Å². The Balaban J connectivity index is 2.02. The SMILES string of the molecule is CC(C)c1nc2c(n1Cc1ccc(Cl)cc1)C(CCN)CCC2. The Bertz CT molecular complexity index is 658. The summed E-state index contributed by atoms with van der Waals surface area (Å²) in [6.07, 6.45) is 4.61. The van der Waals surface area contributed by atoms with Crippen molar-refractivity contribution in [1.29, 1.82) is 0 Å². The van der Waals surface area contributed by atoms with Gasteiger partial charge in [0.15, 0.2) is 0 Å². The second-order valence-electron chi connectivity index (χ2n) is 6.84. The molecule has 4 heteroatoms. The maximum atomic E-state index is 6.02. The second kappa shape index (κ2) is 7.06. The van der Waals surface area contributed by atoms with E-state index < -0.39 is 0 Å². The molecule has 1 unspecified atom stereocenters. The van der Waals surface area contributed by atoms with Crippen molar-refractivity contribution < 1.29 is 0 Å². The highest BCUT2D eigenvalue weighted by Crippen LogP contribution is 2.36. The first-order valence-corrected chi connectivity index (χ1v) is 9.01. The van der Waals surface area contributed by atoms with Crippen LogP contribution in [0.3, 0.4) is 0 Å². The van der Waals surface area contributed by atoms with Gasteiger partial charge in [0.05, 0.1) is 5.69 Å². The zero-order chi connectivity index (χ0) is 16.4. The van der Waals surface area contributed by atoms with E-state index in [4.69, 9.17) is 22.3 Å². The van der Waals surface area contributed by atoms with Crippen LogP contribution < -0.4 is 5.73 Å². The lowest BCUT2D eigenvalue weighted by atomic mass is 9.87. The van der Waals surface area contributed by atoms with Gasteiger partial charge < -0.3 is 10.3 Å². The van der Waals surface area contributed by atoms with Gasteiger partial charge >= 0.3 is 0 Å². The predicted octanol–water partition coefficient (Wildman–Crippen LogP) is 4.48. The molecule has 0 amide bonds. The lowest BCUT2D eigenvalue weighted by Gasteiger charge is -2.25. The molecule has 124 valence electrons. The van der Waals surface area contributed by atoms with Crippen LogP contribution in [-0.2, 0) is 13.0 Å². The van der Waals surface area contributed by atoms with Crippen molar-refractivity contribution >= 4 is 11.6 Å². The van der Waals surface area contributed by atoms with Gasteiger partial charge in [0.1, 0.15) is 5.82 Å². The largest absolute Gasteiger partial charge is 0.330 e. The van der Waals surface area contributed by atoms with Crippen LogP contribution >= 0.6 is 11.6 Å². The Morgan fingerprint density at radius 1 is 1.30 bits per heavy atom. The summed E-state index contributed by atoms with van der Waals surface area (Å²) >= 11 is 6.02. The average molecular weight is 332 g/mol. The molecule has 0 spiro atoms. The van der Waals surface area contributed by atoms with Gasteiger partial charge in [-0.05, 0) is 49.9 Å². The molecule has 3 rings (SSSR count). The number of aryl methyl sites for hydroxylation is 1. The molecule has 1 atom stereocenters. The van der Waals surface area contributed by atoms with Crippen LogP contribution in [0.15, 0.2) is 24.3 Å². The Morgan fingerprint density at radius 2 is 2.04 bits per heavy atom. The van der Waals surface area contributed by atoms with Crippen LogP contribution in [0.4, 0.5) is 0 Å². The predicted molar refractivity (Wildman–Crippen MR) is 96.2 cm³/mol. The number of rotatable bonds is 5. The van der Waals surface area contributed by atoms with Gasteiger partial charge in [-0.15, -0.1) is 0 Å². The Kier molecular flexibility index (Phi) is 5.08. The number of fused-ring (bicyclic) bond motifs is 1. The van der Waals surface area contributed by atoms with Gasteiger partial charge in [-0.1, -0.05) is 37.6 Å². The first kappa shape index (κ1) is 16.5. The molecule has 3 nitrogen and oxygen atoms in total. The van der Waals surface area contributed by atoms with E-state index in [-0.39, 0.29) is 0 Å². The van der Waals surface area contributed by atoms with Gasteiger partial charge in [0.2, 0.25) is 0 Å². The Hall–Kier alpha value is -1.32. The molecule has 0 saturated carbocycles. The average Bonchev–Trinajstić information content (AvgIpc) is 2.90. The van der Waals surface area contributed by atoms with Crippen LogP contribution in [0.5, 0.6) is 0 Å². The van der Waals surface area contributed by atoms with Crippen molar-refractivity contribution in [3.63, 3.8) is 0 Å². The van der Waals surface area contributed by atoms with Crippen molar-refractivity contribution in [3.05, 3.63) is 52.1 Å². The molecule has 2 N–H and O–H groups in total. The molecular formula is C19H26ClN3. The smallest absolute Gasteiger partial charge is 0.112 e. The lowest BCUT2D eigenvalue weighted by molar-refractivity contribution is 0.487. The van der Waals surface area contributed by atoms with Crippen LogP contribution in [0.2, 0.25) is 5.02 Å². The molecule has 1 aromatic carbocycles. The molecule has 1 aromatic heterocycles. The summed E-state index contributed by atoms with van der Waals surface area (Å²) in [5, 5.41) is 0.784. The third-order valence-corrected chi connectivity index (χ3v) is 5.00. The monoisotopic (exact) mass is 331 g/mol. The molecule has 0 bridgehead atoms. The Morgan fingerprint density at radius 3 is 2.70 bits per heavy atom. The minimum absolute atomic E-state index is 0.423. The normalized spacial score (nSPS) is 17.5. The molecule has 1 aliphatic carbocycles. The van der Waals surface area contributed by atoms with Crippen LogP contribution in [0.1, 0.15) is 67.7 Å². The highest BCUT2D eigenvalue weighted by atomic mass is 35.5.